The van der Waals surface area contributed by atoms with Crippen molar-refractivity contribution in [2.24, 2.45) is 0 Å². The minimum absolute atomic E-state index is 0.137. The molecule has 2 aromatic heterocycles. The molecule has 2 aromatic carbocycles. The van der Waals surface area contributed by atoms with Gasteiger partial charge in [-0.05, 0) is 48.9 Å². The number of nitrogens with zero attached hydrogens (tertiary/aromatic N) is 2. The minimum Gasteiger partial charge on any atom is -0.493 e. The molecule has 0 fully saturated rings. The molecule has 0 spiro atoms. The molecule has 6 heteroatoms. The number of hydrogen-bond acceptors (Lipinski definition) is 3. The first-order chi connectivity index (χ1) is 15.2. The van der Waals surface area contributed by atoms with Crippen LogP contribution in [0.25, 0.3) is 10.9 Å². The van der Waals surface area contributed by atoms with Crippen LogP contribution in [-0.4, -0.2) is 28.6 Å². The average molecular weight is 434 g/mol. The number of nitrogens with one attached hydrogen (secondary N) is 1. The zero-order valence-corrected chi connectivity index (χ0v) is 18.1. The lowest BCUT2D eigenvalue weighted by Crippen LogP contribution is -2.28. The Morgan fingerprint density at radius 3 is 2.71 bits per heavy atom. The van der Waals surface area contributed by atoms with Gasteiger partial charge in [0.2, 0.25) is 0 Å². The van der Waals surface area contributed by atoms with Gasteiger partial charge in [-0.3, -0.25) is 9.78 Å². The van der Waals surface area contributed by atoms with Gasteiger partial charge in [0.15, 0.2) is 0 Å². The van der Waals surface area contributed by atoms with E-state index in [4.69, 9.17) is 16.3 Å². The summed E-state index contributed by atoms with van der Waals surface area (Å²) in [5, 5.41) is 4.61. The quantitative estimate of drug-likeness (QED) is 0.420. The monoisotopic (exact) mass is 433 g/mol. The molecule has 1 N–H and O–H groups in total. The van der Waals surface area contributed by atoms with Gasteiger partial charge in [-0.25, -0.2) is 0 Å². The Labute approximate surface area is 186 Å². The maximum absolute atomic E-state index is 13.1. The second-order valence-electron chi connectivity index (χ2n) is 7.16. The van der Waals surface area contributed by atoms with Crippen LogP contribution in [0.3, 0.4) is 0 Å². The van der Waals surface area contributed by atoms with Crippen LogP contribution in [0.15, 0.2) is 72.9 Å². The molecule has 0 atom stereocenters. The third-order valence-corrected chi connectivity index (χ3v) is 5.49. The molecule has 31 heavy (non-hydrogen) atoms. The van der Waals surface area contributed by atoms with Gasteiger partial charge in [0.05, 0.1) is 12.1 Å². The number of benzene rings is 2. The predicted octanol–water partition coefficient (Wildman–Crippen LogP) is 5.11. The molecule has 0 bridgehead atoms. The Morgan fingerprint density at radius 1 is 1.10 bits per heavy atom. The lowest BCUT2D eigenvalue weighted by molar-refractivity contribution is 0.0945. The number of ether oxygens (including phenoxy) is 1. The number of fused-ring (bicyclic) bond motifs is 1. The fraction of sp³-hybridized carbons (Fsp3) is 0.200. The highest BCUT2D eigenvalue weighted by Crippen LogP contribution is 2.30. The molecule has 0 saturated heterocycles. The first-order valence-corrected chi connectivity index (χ1v) is 10.7. The van der Waals surface area contributed by atoms with Gasteiger partial charge >= 0.3 is 0 Å². The van der Waals surface area contributed by atoms with Gasteiger partial charge in [-0.15, -0.1) is 0 Å². The van der Waals surface area contributed by atoms with E-state index in [0.717, 1.165) is 27.9 Å². The zero-order chi connectivity index (χ0) is 21.6. The van der Waals surface area contributed by atoms with Crippen molar-refractivity contribution in [3.05, 3.63) is 94.9 Å². The summed E-state index contributed by atoms with van der Waals surface area (Å²) in [6.07, 6.45) is 2.43. The van der Waals surface area contributed by atoms with Crippen LogP contribution in [0, 0.1) is 0 Å². The van der Waals surface area contributed by atoms with Crippen LogP contribution in [0.4, 0.5) is 0 Å². The number of amides is 1. The first-order valence-electron chi connectivity index (χ1n) is 10.3. The molecule has 4 rings (SSSR count). The number of rotatable bonds is 8. The van der Waals surface area contributed by atoms with Crippen LogP contribution >= 0.6 is 11.6 Å². The Kier molecular flexibility index (Phi) is 6.53. The smallest absolute Gasteiger partial charge is 0.267 e. The number of hydrogen-bond donors (Lipinski definition) is 1. The van der Waals surface area contributed by atoms with Crippen molar-refractivity contribution in [1.82, 2.24) is 14.9 Å². The van der Waals surface area contributed by atoms with Crippen LogP contribution < -0.4 is 10.1 Å². The number of pyridine rings is 1. The summed E-state index contributed by atoms with van der Waals surface area (Å²) in [6.45, 7) is 3.49. The zero-order valence-electron chi connectivity index (χ0n) is 17.3. The fourth-order valence-corrected chi connectivity index (χ4v) is 3.83. The predicted molar refractivity (Wildman–Crippen MR) is 124 cm³/mol. The number of halogens is 1. The normalized spacial score (nSPS) is 10.9. The SMILES string of the molecule is CCOc1cccc2c1cc(C(=O)NCCc1ccccn1)n2Cc1ccccc1Cl. The summed E-state index contributed by atoms with van der Waals surface area (Å²) < 4.78 is 7.80. The van der Waals surface area contributed by atoms with Gasteiger partial charge in [0.1, 0.15) is 11.4 Å². The molecule has 1 amide bonds. The Morgan fingerprint density at radius 2 is 1.94 bits per heavy atom. The van der Waals surface area contributed by atoms with E-state index in [0.29, 0.717) is 36.8 Å². The lowest BCUT2D eigenvalue weighted by Gasteiger charge is -2.13. The number of aromatic nitrogens is 2. The Balaban J connectivity index is 1.66. The highest BCUT2D eigenvalue weighted by atomic mass is 35.5. The van der Waals surface area contributed by atoms with Crippen molar-refractivity contribution in [3.63, 3.8) is 0 Å². The molecule has 0 saturated carbocycles. The summed E-state index contributed by atoms with van der Waals surface area (Å²) >= 11 is 6.41. The van der Waals surface area contributed by atoms with Crippen molar-refractivity contribution >= 4 is 28.4 Å². The van der Waals surface area contributed by atoms with Crippen LogP contribution in [0.2, 0.25) is 5.02 Å². The van der Waals surface area contributed by atoms with E-state index in [2.05, 4.69) is 10.3 Å². The summed E-state index contributed by atoms with van der Waals surface area (Å²) in [5.41, 5.74) is 3.40. The van der Waals surface area contributed by atoms with Gasteiger partial charge in [-0.1, -0.05) is 41.9 Å². The Bertz CT molecular complexity index is 1190. The molecule has 2 heterocycles. The molecule has 158 valence electrons. The molecule has 0 aliphatic rings. The van der Waals surface area contributed by atoms with E-state index in [1.807, 2.05) is 78.2 Å². The summed E-state index contributed by atoms with van der Waals surface area (Å²) in [5.74, 6) is 0.627. The van der Waals surface area contributed by atoms with Gasteiger partial charge < -0.3 is 14.6 Å². The van der Waals surface area contributed by atoms with Crippen molar-refractivity contribution in [1.29, 1.82) is 0 Å². The average Bonchev–Trinajstić information content (AvgIpc) is 3.16. The van der Waals surface area contributed by atoms with E-state index in [1.54, 1.807) is 6.20 Å². The van der Waals surface area contributed by atoms with Gasteiger partial charge in [-0.2, -0.15) is 0 Å². The first kappa shape index (κ1) is 20.9. The lowest BCUT2D eigenvalue weighted by atomic mass is 10.2. The third kappa shape index (κ3) is 4.72. The highest BCUT2D eigenvalue weighted by Gasteiger charge is 2.18. The van der Waals surface area contributed by atoms with Crippen LogP contribution in [0.1, 0.15) is 28.7 Å². The van der Waals surface area contributed by atoms with Gasteiger partial charge in [0.25, 0.3) is 5.91 Å². The van der Waals surface area contributed by atoms with Gasteiger partial charge in [0, 0.05) is 41.8 Å². The second kappa shape index (κ2) is 9.67. The van der Waals surface area contributed by atoms with Crippen molar-refractivity contribution in [3.8, 4) is 5.75 Å². The maximum Gasteiger partial charge on any atom is 0.267 e. The molecular weight excluding hydrogens is 410 g/mol. The van der Waals surface area contributed by atoms with Crippen molar-refractivity contribution < 1.29 is 9.53 Å². The molecule has 5 nitrogen and oxygen atoms in total. The minimum atomic E-state index is -0.137. The molecule has 0 aliphatic carbocycles. The maximum atomic E-state index is 13.1. The summed E-state index contributed by atoms with van der Waals surface area (Å²) in [4.78, 5) is 17.5. The van der Waals surface area contributed by atoms with Crippen LogP contribution in [0.5, 0.6) is 5.75 Å². The standard InChI is InChI=1S/C25H24ClN3O2/c1-2-31-24-12-7-11-22-20(24)16-23(29(22)17-18-8-3-4-10-21(18)26)25(30)28-15-13-19-9-5-6-14-27-19/h3-12,14,16H,2,13,15,17H2,1H3,(H,28,30). The molecule has 0 unspecified atom stereocenters. The van der Waals surface area contributed by atoms with E-state index in [9.17, 15) is 4.79 Å². The molecule has 0 radical (unpaired) electrons. The summed E-state index contributed by atoms with van der Waals surface area (Å²) in [6, 6.07) is 21.2. The van der Waals surface area contributed by atoms with E-state index in [-0.39, 0.29) is 5.91 Å². The number of carbonyl (C=O) groups excluding carboxylic acids is 1. The molecular formula is C25H24ClN3O2. The number of carbonyl (C=O) groups is 1. The van der Waals surface area contributed by atoms with Crippen molar-refractivity contribution in [2.75, 3.05) is 13.2 Å². The van der Waals surface area contributed by atoms with E-state index in [1.165, 1.54) is 0 Å². The second-order valence-corrected chi connectivity index (χ2v) is 7.56. The van der Waals surface area contributed by atoms with E-state index < -0.39 is 0 Å². The summed E-state index contributed by atoms with van der Waals surface area (Å²) in [7, 11) is 0. The molecule has 0 aliphatic heterocycles. The fourth-order valence-electron chi connectivity index (χ4n) is 3.63. The van der Waals surface area contributed by atoms with E-state index >= 15 is 0 Å². The third-order valence-electron chi connectivity index (χ3n) is 5.12. The van der Waals surface area contributed by atoms with Crippen molar-refractivity contribution in [2.45, 2.75) is 19.9 Å². The Hall–Kier alpha value is -3.31. The largest absolute Gasteiger partial charge is 0.493 e. The highest BCUT2D eigenvalue weighted by molar-refractivity contribution is 6.31. The van der Waals surface area contributed by atoms with Crippen LogP contribution in [-0.2, 0) is 13.0 Å². The molecule has 4 aromatic rings. The topological polar surface area (TPSA) is 56.1 Å².